The molecule has 0 spiro atoms. The maximum atomic E-state index is 10.6. The van der Waals surface area contributed by atoms with E-state index in [4.69, 9.17) is 11.6 Å². The Bertz CT molecular complexity index is 325. The zero-order chi connectivity index (χ0) is 9.84. The Morgan fingerprint density at radius 3 is 2.77 bits per heavy atom. The molecule has 0 fully saturated rings. The minimum absolute atomic E-state index is 0.120. The van der Waals surface area contributed by atoms with Crippen LogP contribution in [0.2, 0.25) is 5.02 Å². The van der Waals surface area contributed by atoms with Crippen molar-refractivity contribution < 1.29 is 4.92 Å². The number of benzene rings is 1. The smallest absolute Gasteiger partial charge is 0.258 e. The molecule has 0 bridgehead atoms. The lowest BCUT2D eigenvalue weighted by Gasteiger charge is -2.02. The van der Waals surface area contributed by atoms with Gasteiger partial charge < -0.3 is 0 Å². The molecule has 3 nitrogen and oxygen atoms in total. The third-order valence-electron chi connectivity index (χ3n) is 1.79. The van der Waals surface area contributed by atoms with Gasteiger partial charge in [-0.3, -0.25) is 10.1 Å². The van der Waals surface area contributed by atoms with Crippen molar-refractivity contribution >= 4 is 17.3 Å². The first-order valence-corrected chi connectivity index (χ1v) is 4.46. The fraction of sp³-hybridized carbons (Fsp3) is 0.333. The van der Waals surface area contributed by atoms with Gasteiger partial charge in [-0.05, 0) is 12.5 Å². The summed E-state index contributed by atoms with van der Waals surface area (Å²) in [5, 5.41) is 11.1. The Kier molecular flexibility index (Phi) is 3.25. The largest absolute Gasteiger partial charge is 0.274 e. The summed E-state index contributed by atoms with van der Waals surface area (Å²) in [5.74, 6) is 0. The lowest BCUT2D eigenvalue weighted by Crippen LogP contribution is -1.95. The van der Waals surface area contributed by atoms with Gasteiger partial charge in [0, 0.05) is 11.6 Å². The van der Waals surface area contributed by atoms with E-state index in [-0.39, 0.29) is 5.69 Å². The molecule has 1 rings (SSSR count). The van der Waals surface area contributed by atoms with E-state index in [1.54, 1.807) is 12.1 Å². The molecule has 0 saturated heterocycles. The minimum atomic E-state index is -0.392. The van der Waals surface area contributed by atoms with Gasteiger partial charge in [-0.25, -0.2) is 0 Å². The van der Waals surface area contributed by atoms with Gasteiger partial charge in [-0.2, -0.15) is 0 Å². The normalized spacial score (nSPS) is 10.0. The number of nitrogens with zero attached hydrogens (tertiary/aromatic N) is 1. The molecule has 0 unspecified atom stereocenters. The summed E-state index contributed by atoms with van der Waals surface area (Å²) in [4.78, 5) is 10.2. The Morgan fingerprint density at radius 1 is 1.54 bits per heavy atom. The van der Waals surface area contributed by atoms with E-state index >= 15 is 0 Å². The van der Waals surface area contributed by atoms with E-state index in [0.29, 0.717) is 17.0 Å². The first-order chi connectivity index (χ1) is 6.16. The quantitative estimate of drug-likeness (QED) is 0.554. The molecule has 0 aliphatic heterocycles. The number of hydrogen-bond donors (Lipinski definition) is 0. The molecular weight excluding hydrogens is 190 g/mol. The maximum absolute atomic E-state index is 10.6. The highest BCUT2D eigenvalue weighted by Crippen LogP contribution is 2.27. The zero-order valence-corrected chi connectivity index (χ0v) is 8.04. The van der Waals surface area contributed by atoms with Gasteiger partial charge in [0.2, 0.25) is 0 Å². The molecule has 13 heavy (non-hydrogen) atoms. The van der Waals surface area contributed by atoms with Crippen LogP contribution in [0.5, 0.6) is 0 Å². The molecule has 70 valence electrons. The average Bonchev–Trinajstić information content (AvgIpc) is 2.08. The number of nitro benzene ring substituents is 1. The Balaban J connectivity index is 3.17. The van der Waals surface area contributed by atoms with Crippen molar-refractivity contribution in [1.29, 1.82) is 0 Å². The van der Waals surface area contributed by atoms with Gasteiger partial charge >= 0.3 is 0 Å². The van der Waals surface area contributed by atoms with Crippen LogP contribution in [0.4, 0.5) is 5.69 Å². The second-order valence-electron chi connectivity index (χ2n) is 2.74. The summed E-state index contributed by atoms with van der Waals surface area (Å²) in [7, 11) is 0. The van der Waals surface area contributed by atoms with E-state index in [0.717, 1.165) is 6.42 Å². The predicted molar refractivity (Wildman–Crippen MR) is 52.1 cm³/mol. The molecule has 0 radical (unpaired) electrons. The van der Waals surface area contributed by atoms with Crippen LogP contribution in [0, 0.1) is 10.1 Å². The molecule has 0 aliphatic carbocycles. The van der Waals surface area contributed by atoms with Gasteiger partial charge in [0.25, 0.3) is 5.69 Å². The van der Waals surface area contributed by atoms with Crippen molar-refractivity contribution in [3.8, 4) is 0 Å². The van der Waals surface area contributed by atoms with E-state index in [1.807, 2.05) is 6.92 Å². The van der Waals surface area contributed by atoms with Gasteiger partial charge in [0.1, 0.15) is 0 Å². The summed E-state index contributed by atoms with van der Waals surface area (Å²) >= 11 is 5.85. The van der Waals surface area contributed by atoms with Crippen molar-refractivity contribution in [3.63, 3.8) is 0 Å². The highest BCUT2D eigenvalue weighted by atomic mass is 35.5. The first-order valence-electron chi connectivity index (χ1n) is 4.08. The van der Waals surface area contributed by atoms with Gasteiger partial charge in [-0.15, -0.1) is 0 Å². The predicted octanol–water partition coefficient (Wildman–Crippen LogP) is 3.20. The summed E-state index contributed by atoms with van der Waals surface area (Å²) in [6.45, 7) is 1.97. The summed E-state index contributed by atoms with van der Waals surface area (Å²) < 4.78 is 0. The monoisotopic (exact) mass is 199 g/mol. The van der Waals surface area contributed by atoms with Crippen LogP contribution in [0.15, 0.2) is 18.2 Å². The summed E-state index contributed by atoms with van der Waals surface area (Å²) in [6, 6.07) is 4.76. The molecule has 0 aliphatic rings. The molecule has 0 heterocycles. The maximum Gasteiger partial charge on any atom is 0.274 e. The molecule has 1 aromatic rings. The standard InChI is InChI=1S/C9H10ClNO2/c1-2-4-7-8(10)5-3-6-9(7)11(12)13/h3,5-6H,2,4H2,1H3. The van der Waals surface area contributed by atoms with Crippen LogP contribution in [0.25, 0.3) is 0 Å². The van der Waals surface area contributed by atoms with Gasteiger partial charge in [-0.1, -0.05) is 31.0 Å². The second kappa shape index (κ2) is 4.23. The van der Waals surface area contributed by atoms with E-state index in [2.05, 4.69) is 0 Å². The van der Waals surface area contributed by atoms with E-state index < -0.39 is 4.92 Å². The summed E-state index contributed by atoms with van der Waals surface area (Å²) in [5.41, 5.74) is 0.756. The summed E-state index contributed by atoms with van der Waals surface area (Å²) in [6.07, 6.45) is 1.50. The Labute approximate surface area is 81.5 Å². The van der Waals surface area contributed by atoms with Crippen LogP contribution < -0.4 is 0 Å². The van der Waals surface area contributed by atoms with Crippen molar-refractivity contribution in [2.24, 2.45) is 0 Å². The molecular formula is C9H10ClNO2. The fourth-order valence-corrected chi connectivity index (χ4v) is 1.48. The number of nitro groups is 1. The van der Waals surface area contributed by atoms with Crippen LogP contribution in [-0.2, 0) is 6.42 Å². The second-order valence-corrected chi connectivity index (χ2v) is 3.15. The van der Waals surface area contributed by atoms with Crippen LogP contribution in [0.3, 0.4) is 0 Å². The average molecular weight is 200 g/mol. The third-order valence-corrected chi connectivity index (χ3v) is 2.14. The minimum Gasteiger partial charge on any atom is -0.258 e. The highest BCUT2D eigenvalue weighted by molar-refractivity contribution is 6.31. The van der Waals surface area contributed by atoms with Gasteiger partial charge in [0.05, 0.1) is 9.95 Å². The molecule has 1 aromatic carbocycles. The van der Waals surface area contributed by atoms with Crippen LogP contribution in [-0.4, -0.2) is 4.92 Å². The first kappa shape index (κ1) is 9.99. The zero-order valence-electron chi connectivity index (χ0n) is 7.29. The topological polar surface area (TPSA) is 43.1 Å². The van der Waals surface area contributed by atoms with E-state index in [1.165, 1.54) is 6.07 Å². The van der Waals surface area contributed by atoms with Crippen LogP contribution >= 0.6 is 11.6 Å². The van der Waals surface area contributed by atoms with Crippen molar-refractivity contribution in [1.82, 2.24) is 0 Å². The molecule has 0 amide bonds. The van der Waals surface area contributed by atoms with Crippen LogP contribution in [0.1, 0.15) is 18.9 Å². The SMILES string of the molecule is CCCc1c(Cl)cccc1[N+](=O)[O-]. The third kappa shape index (κ3) is 2.18. The molecule has 0 aromatic heterocycles. The Morgan fingerprint density at radius 2 is 2.23 bits per heavy atom. The number of rotatable bonds is 3. The Hall–Kier alpha value is -1.09. The fourth-order valence-electron chi connectivity index (χ4n) is 1.22. The van der Waals surface area contributed by atoms with Crippen molar-refractivity contribution in [2.45, 2.75) is 19.8 Å². The molecule has 0 atom stereocenters. The number of hydrogen-bond acceptors (Lipinski definition) is 2. The van der Waals surface area contributed by atoms with E-state index in [9.17, 15) is 10.1 Å². The lowest BCUT2D eigenvalue weighted by molar-refractivity contribution is -0.385. The highest BCUT2D eigenvalue weighted by Gasteiger charge is 2.14. The van der Waals surface area contributed by atoms with Crippen molar-refractivity contribution in [2.75, 3.05) is 0 Å². The lowest BCUT2D eigenvalue weighted by atomic mass is 10.1. The molecule has 0 N–H and O–H groups in total. The molecule has 0 saturated carbocycles. The number of halogens is 1. The van der Waals surface area contributed by atoms with Gasteiger partial charge in [0.15, 0.2) is 0 Å². The van der Waals surface area contributed by atoms with Crippen molar-refractivity contribution in [3.05, 3.63) is 38.9 Å². The molecule has 4 heteroatoms.